The van der Waals surface area contributed by atoms with Crippen molar-refractivity contribution in [3.8, 4) is 11.5 Å². The van der Waals surface area contributed by atoms with Crippen molar-refractivity contribution < 1.29 is 23.9 Å². The summed E-state index contributed by atoms with van der Waals surface area (Å²) in [6, 6.07) is 14.1. The lowest BCUT2D eigenvalue weighted by atomic mass is 10.2. The summed E-state index contributed by atoms with van der Waals surface area (Å²) in [4.78, 5) is 40.7. The molecule has 1 N–H and O–H groups in total. The van der Waals surface area contributed by atoms with E-state index in [2.05, 4.69) is 5.32 Å². The minimum Gasteiger partial charge on any atom is -0.497 e. The number of rotatable bonds is 7. The van der Waals surface area contributed by atoms with Crippen LogP contribution in [0.25, 0.3) is 0 Å². The molecule has 0 bridgehead atoms. The number of hydrogen-bond acceptors (Lipinski definition) is 5. The van der Waals surface area contributed by atoms with Crippen LogP contribution in [-0.2, 0) is 14.4 Å². The number of methoxy groups -OCH3 is 1. The molecular weight excluding hydrogens is 386 g/mol. The van der Waals surface area contributed by atoms with Crippen LogP contribution in [0, 0.1) is 0 Å². The van der Waals surface area contributed by atoms with Gasteiger partial charge in [-0.15, -0.1) is 0 Å². The van der Waals surface area contributed by atoms with Gasteiger partial charge in [-0.25, -0.2) is 0 Å². The Morgan fingerprint density at radius 2 is 1.97 bits per heavy atom. The average Bonchev–Trinajstić information content (AvgIpc) is 2.75. The lowest BCUT2D eigenvalue weighted by molar-refractivity contribution is -0.135. The van der Waals surface area contributed by atoms with Crippen LogP contribution in [-0.4, -0.2) is 55.5 Å². The number of benzene rings is 2. The second-order valence-corrected chi connectivity index (χ2v) is 6.84. The fraction of sp³-hybridized carbons (Fsp3) is 0.318. The van der Waals surface area contributed by atoms with E-state index in [0.717, 1.165) is 0 Å². The number of fused-ring (bicyclic) bond motifs is 1. The van der Waals surface area contributed by atoms with Crippen LogP contribution in [0.1, 0.15) is 13.8 Å². The SMILES string of the molecule is CCN(CC(=O)Nc1cccc(OC)c1)C(=O)CN1C(=O)[C@H](C)Oc2ccccc21. The summed E-state index contributed by atoms with van der Waals surface area (Å²) in [6.45, 7) is 3.48. The van der Waals surface area contributed by atoms with Crippen LogP contribution in [0.5, 0.6) is 11.5 Å². The first kappa shape index (κ1) is 21.2. The van der Waals surface area contributed by atoms with Crippen LogP contribution >= 0.6 is 0 Å². The fourth-order valence-corrected chi connectivity index (χ4v) is 3.21. The zero-order valence-corrected chi connectivity index (χ0v) is 17.3. The Morgan fingerprint density at radius 1 is 1.20 bits per heavy atom. The predicted molar refractivity (Wildman–Crippen MR) is 113 cm³/mol. The van der Waals surface area contributed by atoms with E-state index < -0.39 is 6.10 Å². The van der Waals surface area contributed by atoms with Gasteiger partial charge in [-0.1, -0.05) is 18.2 Å². The van der Waals surface area contributed by atoms with Gasteiger partial charge in [0.2, 0.25) is 11.8 Å². The Morgan fingerprint density at radius 3 is 2.70 bits per heavy atom. The molecule has 0 spiro atoms. The van der Waals surface area contributed by atoms with Gasteiger partial charge in [0.25, 0.3) is 5.91 Å². The van der Waals surface area contributed by atoms with E-state index in [1.54, 1.807) is 63.4 Å². The number of carbonyl (C=O) groups is 3. The molecule has 0 unspecified atom stereocenters. The molecule has 0 saturated carbocycles. The summed E-state index contributed by atoms with van der Waals surface area (Å²) >= 11 is 0. The van der Waals surface area contributed by atoms with Crippen molar-refractivity contribution in [1.29, 1.82) is 0 Å². The molecule has 2 aromatic carbocycles. The van der Waals surface area contributed by atoms with Gasteiger partial charge in [0, 0.05) is 18.3 Å². The third-order valence-electron chi connectivity index (χ3n) is 4.79. The number of likely N-dealkylation sites (N-methyl/N-ethyl adjacent to an activating group) is 1. The first-order chi connectivity index (χ1) is 14.4. The Hall–Kier alpha value is -3.55. The quantitative estimate of drug-likeness (QED) is 0.755. The minimum atomic E-state index is -0.681. The summed E-state index contributed by atoms with van der Waals surface area (Å²) in [5, 5.41) is 2.76. The maximum absolute atomic E-state index is 12.9. The third-order valence-corrected chi connectivity index (χ3v) is 4.79. The maximum Gasteiger partial charge on any atom is 0.268 e. The zero-order chi connectivity index (χ0) is 21.7. The van der Waals surface area contributed by atoms with Gasteiger partial charge in [0.1, 0.15) is 18.0 Å². The Kier molecular flexibility index (Phi) is 6.56. The number of para-hydroxylation sites is 2. The van der Waals surface area contributed by atoms with Gasteiger partial charge in [-0.2, -0.15) is 0 Å². The van der Waals surface area contributed by atoms with Crippen LogP contribution < -0.4 is 19.7 Å². The highest BCUT2D eigenvalue weighted by molar-refractivity contribution is 6.04. The average molecular weight is 411 g/mol. The van der Waals surface area contributed by atoms with Crippen LogP contribution in [0.15, 0.2) is 48.5 Å². The highest BCUT2D eigenvalue weighted by atomic mass is 16.5. The first-order valence-corrected chi connectivity index (χ1v) is 9.71. The molecule has 1 aliphatic rings. The van der Waals surface area contributed by atoms with Crippen molar-refractivity contribution >= 4 is 29.1 Å². The molecule has 3 amide bonds. The molecule has 158 valence electrons. The molecule has 8 heteroatoms. The van der Waals surface area contributed by atoms with Crippen molar-refractivity contribution in [3.05, 3.63) is 48.5 Å². The molecule has 3 rings (SSSR count). The predicted octanol–water partition coefficient (Wildman–Crippen LogP) is 2.30. The molecule has 0 aliphatic carbocycles. The van der Waals surface area contributed by atoms with E-state index in [9.17, 15) is 14.4 Å². The number of nitrogens with one attached hydrogen (secondary N) is 1. The van der Waals surface area contributed by atoms with E-state index in [1.165, 1.54) is 9.80 Å². The highest BCUT2D eigenvalue weighted by Crippen LogP contribution is 2.33. The molecule has 1 aliphatic heterocycles. The lowest BCUT2D eigenvalue weighted by Crippen LogP contribution is -2.50. The number of hydrogen-bond donors (Lipinski definition) is 1. The number of anilines is 2. The number of nitrogens with zero attached hydrogens (tertiary/aromatic N) is 2. The summed E-state index contributed by atoms with van der Waals surface area (Å²) in [7, 11) is 1.55. The van der Waals surface area contributed by atoms with E-state index >= 15 is 0 Å². The second kappa shape index (κ2) is 9.30. The molecule has 0 saturated heterocycles. The molecule has 0 aromatic heterocycles. The number of amides is 3. The Labute approximate surface area is 175 Å². The summed E-state index contributed by atoms with van der Waals surface area (Å²) < 4.78 is 10.7. The molecule has 1 heterocycles. The summed E-state index contributed by atoms with van der Waals surface area (Å²) in [5.74, 6) is 0.223. The Bertz CT molecular complexity index is 946. The zero-order valence-electron chi connectivity index (χ0n) is 17.3. The van der Waals surface area contributed by atoms with Crippen LogP contribution in [0.2, 0.25) is 0 Å². The first-order valence-electron chi connectivity index (χ1n) is 9.71. The van der Waals surface area contributed by atoms with Gasteiger partial charge in [0.05, 0.1) is 19.3 Å². The summed E-state index contributed by atoms with van der Waals surface area (Å²) in [5.41, 5.74) is 1.12. The second-order valence-electron chi connectivity index (χ2n) is 6.84. The van der Waals surface area contributed by atoms with Crippen molar-refractivity contribution in [1.82, 2.24) is 4.90 Å². The normalized spacial score (nSPS) is 15.1. The van der Waals surface area contributed by atoms with Crippen molar-refractivity contribution in [2.45, 2.75) is 20.0 Å². The van der Waals surface area contributed by atoms with Crippen LogP contribution in [0.3, 0.4) is 0 Å². The number of ether oxygens (including phenoxy) is 2. The van der Waals surface area contributed by atoms with Gasteiger partial charge >= 0.3 is 0 Å². The fourth-order valence-electron chi connectivity index (χ4n) is 3.21. The third kappa shape index (κ3) is 4.71. The molecule has 0 fully saturated rings. The largest absolute Gasteiger partial charge is 0.497 e. The van der Waals surface area contributed by atoms with Gasteiger partial charge in [-0.3, -0.25) is 19.3 Å². The van der Waals surface area contributed by atoms with Gasteiger partial charge in [-0.05, 0) is 38.1 Å². The van der Waals surface area contributed by atoms with Gasteiger partial charge < -0.3 is 19.7 Å². The van der Waals surface area contributed by atoms with E-state index in [0.29, 0.717) is 29.4 Å². The maximum atomic E-state index is 12.9. The highest BCUT2D eigenvalue weighted by Gasteiger charge is 2.33. The smallest absolute Gasteiger partial charge is 0.268 e. The van der Waals surface area contributed by atoms with E-state index in [1.807, 2.05) is 6.07 Å². The van der Waals surface area contributed by atoms with Crippen molar-refractivity contribution in [3.63, 3.8) is 0 Å². The standard InChI is InChI=1S/C22H25N3O5/c1-4-24(13-20(26)23-16-8-7-9-17(12-16)29-3)21(27)14-25-18-10-5-6-11-19(18)30-15(2)22(25)28/h5-12,15H,4,13-14H2,1-3H3,(H,23,26)/t15-/m0/s1. The van der Waals surface area contributed by atoms with E-state index in [4.69, 9.17) is 9.47 Å². The molecule has 0 radical (unpaired) electrons. The van der Waals surface area contributed by atoms with E-state index in [-0.39, 0.29) is 30.8 Å². The minimum absolute atomic E-state index is 0.123. The lowest BCUT2D eigenvalue weighted by Gasteiger charge is -2.33. The number of carbonyl (C=O) groups excluding carboxylic acids is 3. The monoisotopic (exact) mass is 411 g/mol. The topological polar surface area (TPSA) is 88.2 Å². The van der Waals surface area contributed by atoms with Gasteiger partial charge in [0.15, 0.2) is 6.10 Å². The summed E-state index contributed by atoms with van der Waals surface area (Å²) in [6.07, 6.45) is -0.681. The molecule has 30 heavy (non-hydrogen) atoms. The van der Waals surface area contributed by atoms with Crippen LogP contribution in [0.4, 0.5) is 11.4 Å². The van der Waals surface area contributed by atoms with Crippen molar-refractivity contribution in [2.75, 3.05) is 37.0 Å². The van der Waals surface area contributed by atoms with Crippen molar-refractivity contribution in [2.24, 2.45) is 0 Å². The molecule has 1 atom stereocenters. The molecule has 2 aromatic rings. The molecule has 8 nitrogen and oxygen atoms in total. The molecular formula is C22H25N3O5. The Balaban J connectivity index is 1.67.